The van der Waals surface area contributed by atoms with E-state index >= 15 is 0 Å². The quantitative estimate of drug-likeness (QED) is 0.456. The van der Waals surface area contributed by atoms with Crippen LogP contribution in [0.4, 0.5) is 5.13 Å². The topological polar surface area (TPSA) is 54.9 Å². The van der Waals surface area contributed by atoms with Gasteiger partial charge in [0.05, 0.1) is 4.88 Å². The fourth-order valence-corrected chi connectivity index (χ4v) is 3.97. The lowest BCUT2D eigenvalue weighted by molar-refractivity contribution is 0.0986. The van der Waals surface area contributed by atoms with E-state index in [-0.39, 0.29) is 5.78 Å². The zero-order valence-corrected chi connectivity index (χ0v) is 13.0. The Balaban J connectivity index is 1.67. The standard InChI is InChI=1S/C12H15N3OS3/c1-2-13-11-14-15-12(19-11)18-8-3-5-9(16)10-6-4-7-17-10/h4,6-7H,2-3,5,8H2,1H3,(H,13,14). The maximum Gasteiger partial charge on any atom is 0.206 e. The van der Waals surface area contributed by atoms with Gasteiger partial charge < -0.3 is 5.32 Å². The predicted octanol–water partition coefficient (Wildman–Crippen LogP) is 3.79. The van der Waals surface area contributed by atoms with Crippen molar-refractivity contribution in [3.8, 4) is 0 Å². The first kappa shape index (κ1) is 14.5. The minimum absolute atomic E-state index is 0.237. The molecule has 0 atom stereocenters. The lowest BCUT2D eigenvalue weighted by atomic mass is 10.2. The van der Waals surface area contributed by atoms with Crippen LogP contribution in [0.5, 0.6) is 0 Å². The van der Waals surface area contributed by atoms with Gasteiger partial charge >= 0.3 is 0 Å². The van der Waals surface area contributed by atoms with Gasteiger partial charge in [-0.25, -0.2) is 0 Å². The number of nitrogens with one attached hydrogen (secondary N) is 1. The van der Waals surface area contributed by atoms with Gasteiger partial charge in [-0.15, -0.1) is 21.5 Å². The average Bonchev–Trinajstić information content (AvgIpc) is 3.06. The number of rotatable bonds is 8. The Morgan fingerprint density at radius 2 is 2.37 bits per heavy atom. The smallest absolute Gasteiger partial charge is 0.206 e. The van der Waals surface area contributed by atoms with E-state index in [0.29, 0.717) is 6.42 Å². The number of nitrogens with zero attached hydrogens (tertiary/aromatic N) is 2. The maximum absolute atomic E-state index is 11.8. The largest absolute Gasteiger partial charge is 0.360 e. The lowest BCUT2D eigenvalue weighted by Crippen LogP contribution is -1.96. The van der Waals surface area contributed by atoms with E-state index in [4.69, 9.17) is 0 Å². The van der Waals surface area contributed by atoms with E-state index in [0.717, 1.165) is 33.1 Å². The first-order chi connectivity index (χ1) is 9.29. The van der Waals surface area contributed by atoms with E-state index in [1.165, 1.54) is 11.3 Å². The third-order valence-electron chi connectivity index (χ3n) is 2.30. The molecule has 0 saturated carbocycles. The number of thiophene rings is 1. The van der Waals surface area contributed by atoms with Crippen molar-refractivity contribution in [3.05, 3.63) is 22.4 Å². The third kappa shape index (κ3) is 4.59. The molecule has 2 rings (SSSR count). The molecule has 0 fully saturated rings. The molecule has 1 N–H and O–H groups in total. The van der Waals surface area contributed by atoms with Gasteiger partial charge in [0.25, 0.3) is 0 Å². The minimum Gasteiger partial charge on any atom is -0.360 e. The molecule has 2 aromatic heterocycles. The third-order valence-corrected chi connectivity index (χ3v) is 5.32. The molecule has 0 bridgehead atoms. The van der Waals surface area contributed by atoms with E-state index in [1.54, 1.807) is 23.1 Å². The van der Waals surface area contributed by atoms with Crippen LogP contribution in [0.3, 0.4) is 0 Å². The molecular weight excluding hydrogens is 298 g/mol. The number of carbonyl (C=O) groups is 1. The summed E-state index contributed by atoms with van der Waals surface area (Å²) in [5.41, 5.74) is 0. The van der Waals surface area contributed by atoms with Crippen molar-refractivity contribution in [1.29, 1.82) is 0 Å². The number of aromatic nitrogens is 2. The molecule has 19 heavy (non-hydrogen) atoms. The van der Waals surface area contributed by atoms with Gasteiger partial charge in [-0.05, 0) is 24.8 Å². The van der Waals surface area contributed by atoms with Gasteiger partial charge in [0, 0.05) is 18.7 Å². The summed E-state index contributed by atoms with van der Waals surface area (Å²) in [6.07, 6.45) is 1.48. The van der Waals surface area contributed by atoms with E-state index in [1.807, 2.05) is 24.4 Å². The lowest BCUT2D eigenvalue weighted by Gasteiger charge is -1.97. The van der Waals surface area contributed by atoms with Crippen LogP contribution in [0.1, 0.15) is 29.4 Å². The molecule has 0 aliphatic carbocycles. The zero-order chi connectivity index (χ0) is 13.5. The van der Waals surface area contributed by atoms with Crippen molar-refractivity contribution in [2.45, 2.75) is 24.1 Å². The van der Waals surface area contributed by atoms with Crippen LogP contribution in [0.15, 0.2) is 21.9 Å². The molecule has 102 valence electrons. The number of hydrogen-bond acceptors (Lipinski definition) is 7. The monoisotopic (exact) mass is 313 g/mol. The SMILES string of the molecule is CCNc1nnc(SCCCC(=O)c2cccs2)s1. The molecule has 0 amide bonds. The highest BCUT2D eigenvalue weighted by molar-refractivity contribution is 8.01. The summed E-state index contributed by atoms with van der Waals surface area (Å²) in [6, 6.07) is 3.80. The molecule has 0 saturated heterocycles. The summed E-state index contributed by atoms with van der Waals surface area (Å²) in [7, 11) is 0. The Morgan fingerprint density at radius 1 is 1.47 bits per heavy atom. The average molecular weight is 313 g/mol. The highest BCUT2D eigenvalue weighted by atomic mass is 32.2. The van der Waals surface area contributed by atoms with Crippen molar-refractivity contribution >= 4 is 45.4 Å². The molecule has 7 heteroatoms. The van der Waals surface area contributed by atoms with Gasteiger partial charge in [0.15, 0.2) is 10.1 Å². The summed E-state index contributed by atoms with van der Waals surface area (Å²) >= 11 is 4.73. The maximum atomic E-state index is 11.8. The summed E-state index contributed by atoms with van der Waals surface area (Å²) < 4.78 is 0.958. The number of Topliss-reactive ketones (excluding diaryl/α,β-unsaturated/α-hetero) is 1. The molecular formula is C12H15N3OS3. The Labute approximate surface area is 124 Å². The van der Waals surface area contributed by atoms with Crippen molar-refractivity contribution < 1.29 is 4.79 Å². The second kappa shape index (κ2) is 7.62. The Morgan fingerprint density at radius 3 is 3.11 bits per heavy atom. The van der Waals surface area contributed by atoms with E-state index < -0.39 is 0 Å². The highest BCUT2D eigenvalue weighted by Gasteiger charge is 2.07. The van der Waals surface area contributed by atoms with Crippen LogP contribution in [-0.4, -0.2) is 28.3 Å². The van der Waals surface area contributed by atoms with E-state index in [9.17, 15) is 4.79 Å². The molecule has 0 aromatic carbocycles. The minimum atomic E-state index is 0.237. The molecule has 2 aromatic rings. The van der Waals surface area contributed by atoms with Crippen molar-refractivity contribution in [2.75, 3.05) is 17.6 Å². The fourth-order valence-electron chi connectivity index (χ4n) is 1.44. The van der Waals surface area contributed by atoms with Gasteiger partial charge in [-0.1, -0.05) is 29.2 Å². The Bertz CT molecular complexity index is 510. The summed E-state index contributed by atoms with van der Waals surface area (Å²) in [5.74, 6) is 1.14. The summed E-state index contributed by atoms with van der Waals surface area (Å²) in [5, 5.41) is 14.0. The predicted molar refractivity (Wildman–Crippen MR) is 82.7 cm³/mol. The van der Waals surface area contributed by atoms with Crippen LogP contribution in [-0.2, 0) is 0 Å². The van der Waals surface area contributed by atoms with Crippen LogP contribution in [0.25, 0.3) is 0 Å². The molecule has 4 nitrogen and oxygen atoms in total. The summed E-state index contributed by atoms with van der Waals surface area (Å²) in [4.78, 5) is 12.6. The molecule has 0 aliphatic rings. The molecule has 0 radical (unpaired) electrons. The van der Waals surface area contributed by atoms with Gasteiger partial charge in [-0.2, -0.15) is 0 Å². The molecule has 0 spiro atoms. The van der Waals surface area contributed by atoms with Gasteiger partial charge in [0.2, 0.25) is 5.13 Å². The van der Waals surface area contributed by atoms with Crippen molar-refractivity contribution in [3.63, 3.8) is 0 Å². The summed E-state index contributed by atoms with van der Waals surface area (Å²) in [6.45, 7) is 2.89. The van der Waals surface area contributed by atoms with Gasteiger partial charge in [-0.3, -0.25) is 4.79 Å². The number of carbonyl (C=O) groups excluding carboxylic acids is 1. The molecule has 2 heterocycles. The van der Waals surface area contributed by atoms with Gasteiger partial charge in [0.1, 0.15) is 0 Å². The number of thioether (sulfide) groups is 1. The highest BCUT2D eigenvalue weighted by Crippen LogP contribution is 2.26. The fraction of sp³-hybridized carbons (Fsp3) is 0.417. The number of anilines is 1. The second-order valence-electron chi connectivity index (χ2n) is 3.76. The van der Waals surface area contributed by atoms with Crippen molar-refractivity contribution in [2.24, 2.45) is 0 Å². The number of ketones is 1. The van der Waals surface area contributed by atoms with Crippen LogP contribution >= 0.6 is 34.4 Å². The van der Waals surface area contributed by atoms with E-state index in [2.05, 4.69) is 15.5 Å². The van der Waals surface area contributed by atoms with Crippen LogP contribution in [0.2, 0.25) is 0 Å². The Kier molecular flexibility index (Phi) is 5.81. The Hall–Kier alpha value is -0.920. The van der Waals surface area contributed by atoms with Crippen LogP contribution in [0, 0.1) is 0 Å². The first-order valence-corrected chi connectivity index (χ1v) is 8.74. The zero-order valence-electron chi connectivity index (χ0n) is 10.6. The first-order valence-electron chi connectivity index (χ1n) is 6.06. The van der Waals surface area contributed by atoms with Crippen molar-refractivity contribution in [1.82, 2.24) is 10.2 Å². The normalized spacial score (nSPS) is 10.6. The number of hydrogen-bond donors (Lipinski definition) is 1. The van der Waals surface area contributed by atoms with Crippen LogP contribution < -0.4 is 5.32 Å². The second-order valence-corrected chi connectivity index (χ2v) is 7.02. The molecule has 0 unspecified atom stereocenters. The molecule has 0 aliphatic heterocycles.